The van der Waals surface area contributed by atoms with Gasteiger partial charge >= 0.3 is 0 Å². The Morgan fingerprint density at radius 1 is 1.11 bits per heavy atom. The largest absolute Gasteiger partial charge is 0.355 e. The summed E-state index contributed by atoms with van der Waals surface area (Å²) in [6.07, 6.45) is 0.682. The van der Waals surface area contributed by atoms with Crippen LogP contribution < -0.4 is 5.32 Å². The highest BCUT2D eigenvalue weighted by Gasteiger charge is 2.16. The van der Waals surface area contributed by atoms with E-state index < -0.39 is 0 Å². The van der Waals surface area contributed by atoms with Gasteiger partial charge < -0.3 is 5.32 Å². The third-order valence-electron chi connectivity index (χ3n) is 4.21. The van der Waals surface area contributed by atoms with Crippen LogP contribution in [0.15, 0.2) is 59.8 Å². The van der Waals surface area contributed by atoms with Crippen LogP contribution in [0.5, 0.6) is 0 Å². The zero-order valence-corrected chi connectivity index (χ0v) is 17.4. The number of nitrogens with one attached hydrogen (secondary N) is 1. The first-order valence-electron chi connectivity index (χ1n) is 9.47. The summed E-state index contributed by atoms with van der Waals surface area (Å²) in [5, 5.41) is 12.5. The molecule has 3 rings (SSSR count). The van der Waals surface area contributed by atoms with Gasteiger partial charge in [-0.2, -0.15) is 0 Å². The van der Waals surface area contributed by atoms with Gasteiger partial charge in [-0.15, -0.1) is 10.2 Å². The molecule has 0 saturated heterocycles. The van der Waals surface area contributed by atoms with Gasteiger partial charge in [0, 0.05) is 18.7 Å². The Morgan fingerprint density at radius 3 is 2.61 bits per heavy atom. The minimum atomic E-state index is 0.0158. The molecule has 0 aliphatic carbocycles. The molecule has 28 heavy (non-hydrogen) atoms. The number of aryl methyl sites for hydroxylation is 1. The normalized spacial score (nSPS) is 11.0. The molecule has 6 heteroatoms. The molecule has 0 spiro atoms. The lowest BCUT2D eigenvalue weighted by atomic mass is 10.1. The molecule has 5 nitrogen and oxygen atoms in total. The van der Waals surface area contributed by atoms with Crippen molar-refractivity contribution in [2.75, 3.05) is 12.3 Å². The highest BCUT2D eigenvalue weighted by Crippen LogP contribution is 2.24. The second-order valence-corrected chi connectivity index (χ2v) is 8.16. The van der Waals surface area contributed by atoms with Gasteiger partial charge in [0.2, 0.25) is 5.91 Å². The fraction of sp³-hybridized carbons (Fsp3) is 0.318. The summed E-state index contributed by atoms with van der Waals surface area (Å²) in [6.45, 7) is 6.91. The van der Waals surface area contributed by atoms with Crippen LogP contribution in [0.3, 0.4) is 0 Å². The summed E-state index contributed by atoms with van der Waals surface area (Å²) in [7, 11) is 0. The van der Waals surface area contributed by atoms with Gasteiger partial charge in [-0.25, -0.2) is 0 Å². The maximum absolute atomic E-state index is 12.1. The third kappa shape index (κ3) is 5.45. The quantitative estimate of drug-likeness (QED) is 0.586. The summed E-state index contributed by atoms with van der Waals surface area (Å²) >= 11 is 1.42. The number of aromatic nitrogens is 3. The van der Waals surface area contributed by atoms with Gasteiger partial charge in [-0.05, 0) is 36.1 Å². The van der Waals surface area contributed by atoms with Crippen molar-refractivity contribution in [1.29, 1.82) is 0 Å². The Labute approximate surface area is 170 Å². The van der Waals surface area contributed by atoms with Crippen LogP contribution in [0.4, 0.5) is 0 Å². The van der Waals surface area contributed by atoms with E-state index in [0.717, 1.165) is 16.7 Å². The third-order valence-corrected chi connectivity index (χ3v) is 5.13. The monoisotopic (exact) mass is 394 g/mol. The summed E-state index contributed by atoms with van der Waals surface area (Å²) in [5.41, 5.74) is 3.36. The van der Waals surface area contributed by atoms with Crippen molar-refractivity contribution in [3.8, 4) is 5.69 Å². The van der Waals surface area contributed by atoms with E-state index >= 15 is 0 Å². The lowest BCUT2D eigenvalue weighted by molar-refractivity contribution is -0.118. The molecular weight excluding hydrogens is 368 g/mol. The Bertz CT molecular complexity index is 921. The molecule has 2 aromatic carbocycles. The van der Waals surface area contributed by atoms with Crippen molar-refractivity contribution < 1.29 is 4.79 Å². The number of benzene rings is 2. The predicted molar refractivity (Wildman–Crippen MR) is 114 cm³/mol. The first-order chi connectivity index (χ1) is 13.5. The summed E-state index contributed by atoms with van der Waals surface area (Å²) in [4.78, 5) is 12.1. The molecule has 0 aliphatic rings. The number of nitrogens with zero attached hydrogens (tertiary/aromatic N) is 3. The van der Waals surface area contributed by atoms with Gasteiger partial charge in [0.15, 0.2) is 5.16 Å². The molecule has 146 valence electrons. The highest BCUT2D eigenvalue weighted by atomic mass is 32.2. The van der Waals surface area contributed by atoms with Crippen molar-refractivity contribution in [3.05, 3.63) is 71.5 Å². The van der Waals surface area contributed by atoms with Crippen molar-refractivity contribution in [2.45, 2.75) is 32.3 Å². The first-order valence-corrected chi connectivity index (χ1v) is 10.5. The fourth-order valence-electron chi connectivity index (χ4n) is 2.81. The molecule has 1 heterocycles. The number of hydrogen-bond acceptors (Lipinski definition) is 4. The highest BCUT2D eigenvalue weighted by molar-refractivity contribution is 7.99. The average molecular weight is 395 g/mol. The lowest BCUT2D eigenvalue weighted by Gasteiger charge is -2.11. The molecule has 0 aliphatic heterocycles. The van der Waals surface area contributed by atoms with Crippen molar-refractivity contribution in [3.63, 3.8) is 0 Å². The Kier molecular flexibility index (Phi) is 6.87. The van der Waals surface area contributed by atoms with Crippen molar-refractivity contribution in [1.82, 2.24) is 20.1 Å². The van der Waals surface area contributed by atoms with E-state index in [2.05, 4.69) is 65.1 Å². The molecule has 0 radical (unpaired) electrons. The van der Waals surface area contributed by atoms with Crippen molar-refractivity contribution in [2.24, 2.45) is 5.92 Å². The van der Waals surface area contributed by atoms with Gasteiger partial charge in [0.05, 0.1) is 5.75 Å². The summed E-state index contributed by atoms with van der Waals surface area (Å²) in [5.74, 6) is 1.63. The minimum Gasteiger partial charge on any atom is -0.355 e. The van der Waals surface area contributed by atoms with Gasteiger partial charge in [0.1, 0.15) is 5.82 Å². The van der Waals surface area contributed by atoms with Gasteiger partial charge in [0.25, 0.3) is 0 Å². The van der Waals surface area contributed by atoms with Crippen LogP contribution in [0, 0.1) is 12.8 Å². The van der Waals surface area contributed by atoms with E-state index in [1.54, 1.807) is 0 Å². The zero-order valence-electron chi connectivity index (χ0n) is 16.6. The molecule has 0 saturated carbocycles. The van der Waals surface area contributed by atoms with Crippen LogP contribution in [0.1, 0.15) is 30.8 Å². The molecule has 0 fully saturated rings. The topological polar surface area (TPSA) is 59.8 Å². The van der Waals surface area contributed by atoms with E-state index in [0.29, 0.717) is 24.6 Å². The number of carbonyl (C=O) groups is 1. The Hall–Kier alpha value is -2.60. The van der Waals surface area contributed by atoms with E-state index in [1.165, 1.54) is 22.9 Å². The molecule has 1 amide bonds. The van der Waals surface area contributed by atoms with E-state index in [9.17, 15) is 4.79 Å². The number of hydrogen-bond donors (Lipinski definition) is 1. The predicted octanol–water partition coefficient (Wildman–Crippen LogP) is 4.03. The standard InChI is InChI=1S/C22H26N4OS/c1-16(2)14-23-21(27)15-28-22-25-24-20(13-18-9-5-4-6-10-18)26(22)19-11-7-8-17(3)12-19/h4-12,16H,13-15H2,1-3H3,(H,23,27). The van der Waals surface area contributed by atoms with Crippen LogP contribution >= 0.6 is 11.8 Å². The first kappa shape index (κ1) is 20.1. The SMILES string of the molecule is Cc1cccc(-n2c(Cc3ccccc3)nnc2SCC(=O)NCC(C)C)c1. The minimum absolute atomic E-state index is 0.0158. The van der Waals surface area contributed by atoms with Crippen LogP contribution in [0.2, 0.25) is 0 Å². The molecule has 0 atom stereocenters. The smallest absolute Gasteiger partial charge is 0.230 e. The van der Waals surface area contributed by atoms with E-state index in [1.807, 2.05) is 30.3 Å². The molecule has 1 aromatic heterocycles. The summed E-state index contributed by atoms with van der Waals surface area (Å²) < 4.78 is 2.06. The van der Waals surface area contributed by atoms with Gasteiger partial charge in [-0.3, -0.25) is 9.36 Å². The number of thioether (sulfide) groups is 1. The number of amides is 1. The molecule has 0 bridgehead atoms. The number of rotatable bonds is 8. The second kappa shape index (κ2) is 9.55. The van der Waals surface area contributed by atoms with E-state index in [-0.39, 0.29) is 5.91 Å². The summed E-state index contributed by atoms with van der Waals surface area (Å²) in [6, 6.07) is 18.5. The average Bonchev–Trinajstić information content (AvgIpc) is 3.08. The maximum Gasteiger partial charge on any atom is 0.230 e. The number of carbonyl (C=O) groups excluding carboxylic acids is 1. The molecule has 1 N–H and O–H groups in total. The lowest BCUT2D eigenvalue weighted by Crippen LogP contribution is -2.28. The Balaban J connectivity index is 1.84. The molecule has 3 aromatic rings. The molecule has 0 unspecified atom stereocenters. The Morgan fingerprint density at radius 2 is 1.89 bits per heavy atom. The van der Waals surface area contributed by atoms with Crippen LogP contribution in [-0.2, 0) is 11.2 Å². The maximum atomic E-state index is 12.1. The fourth-order valence-corrected chi connectivity index (χ4v) is 3.61. The zero-order chi connectivity index (χ0) is 19.9. The van der Waals surface area contributed by atoms with Crippen LogP contribution in [0.25, 0.3) is 5.69 Å². The second-order valence-electron chi connectivity index (χ2n) is 7.22. The van der Waals surface area contributed by atoms with Crippen molar-refractivity contribution >= 4 is 17.7 Å². The van der Waals surface area contributed by atoms with Crippen LogP contribution in [-0.4, -0.2) is 33.0 Å². The van der Waals surface area contributed by atoms with Gasteiger partial charge in [-0.1, -0.05) is 68.1 Å². The molecular formula is C22H26N4OS. The van der Waals surface area contributed by atoms with E-state index in [4.69, 9.17) is 0 Å².